The van der Waals surface area contributed by atoms with Crippen molar-refractivity contribution in [2.24, 2.45) is 5.41 Å². The molecule has 1 unspecified atom stereocenters. The molecule has 2 aromatic heterocycles. The minimum Gasteiger partial charge on any atom is -0.339 e. The highest BCUT2D eigenvalue weighted by Crippen LogP contribution is 2.45. The molecule has 0 saturated carbocycles. The molecule has 0 spiro atoms. The first-order chi connectivity index (χ1) is 17.9. The van der Waals surface area contributed by atoms with Crippen molar-refractivity contribution in [2.75, 3.05) is 18.4 Å². The first-order valence-corrected chi connectivity index (χ1v) is 14.2. The largest absolute Gasteiger partial charge is 0.339 e. The van der Waals surface area contributed by atoms with E-state index in [2.05, 4.69) is 39.8 Å². The molecule has 1 saturated heterocycles. The van der Waals surface area contributed by atoms with Crippen LogP contribution in [0.1, 0.15) is 59.8 Å². The number of amides is 2. The SMILES string of the molecule is CC(C)(C(=O)Nc1nncs1)C(c1ccccc1)c1ccc(-c2ccc(C(=O)N3CCCCC3)cc2)s1. The van der Waals surface area contributed by atoms with Gasteiger partial charge in [-0.1, -0.05) is 67.6 Å². The molecule has 0 bridgehead atoms. The number of likely N-dealkylation sites (tertiary alicyclic amines) is 1. The Morgan fingerprint density at radius 2 is 1.68 bits per heavy atom. The number of aromatic nitrogens is 2. The molecular weight excluding hydrogens is 500 g/mol. The second-order valence-electron chi connectivity index (χ2n) is 9.90. The maximum absolute atomic E-state index is 13.4. The van der Waals surface area contributed by atoms with E-state index in [1.165, 1.54) is 17.8 Å². The number of rotatable bonds is 7. The van der Waals surface area contributed by atoms with E-state index in [1.807, 2.05) is 61.2 Å². The summed E-state index contributed by atoms with van der Waals surface area (Å²) in [7, 11) is 0. The van der Waals surface area contributed by atoms with Crippen molar-refractivity contribution in [2.45, 2.75) is 39.0 Å². The standard InChI is InChI=1S/C29H30N4O2S2/c1-29(2,27(35)31-28-32-30-19-36-28)25(21-9-5-3-6-10-21)24-16-15-23(37-24)20-11-13-22(14-12-20)26(34)33-17-7-4-8-18-33/h3,5-6,9-16,19,25H,4,7-8,17-18H2,1-2H3,(H,31,32,35). The number of nitrogens with one attached hydrogen (secondary N) is 1. The van der Waals surface area contributed by atoms with Gasteiger partial charge in [0.1, 0.15) is 5.51 Å². The number of benzene rings is 2. The lowest BCUT2D eigenvalue weighted by atomic mass is 9.73. The second-order valence-corrected chi connectivity index (χ2v) is 11.8. The average molecular weight is 531 g/mol. The normalized spacial score (nSPS) is 14.8. The van der Waals surface area contributed by atoms with Crippen molar-refractivity contribution < 1.29 is 9.59 Å². The summed E-state index contributed by atoms with van der Waals surface area (Å²) in [6.45, 7) is 5.64. The van der Waals surface area contributed by atoms with E-state index in [9.17, 15) is 9.59 Å². The minimum atomic E-state index is -0.750. The van der Waals surface area contributed by atoms with Gasteiger partial charge in [0.15, 0.2) is 0 Å². The van der Waals surface area contributed by atoms with Gasteiger partial charge in [0, 0.05) is 34.3 Å². The van der Waals surface area contributed by atoms with Crippen molar-refractivity contribution >= 4 is 39.6 Å². The molecule has 0 radical (unpaired) electrons. The van der Waals surface area contributed by atoms with Crippen LogP contribution in [0.15, 0.2) is 72.2 Å². The predicted molar refractivity (Wildman–Crippen MR) is 150 cm³/mol. The highest BCUT2D eigenvalue weighted by molar-refractivity contribution is 7.15. The van der Waals surface area contributed by atoms with Gasteiger partial charge in [-0.05, 0) is 54.7 Å². The summed E-state index contributed by atoms with van der Waals surface area (Å²) in [5.74, 6) is -0.139. The smallest absolute Gasteiger partial charge is 0.253 e. The molecular formula is C29H30N4O2S2. The topological polar surface area (TPSA) is 75.2 Å². The monoisotopic (exact) mass is 530 g/mol. The van der Waals surface area contributed by atoms with Gasteiger partial charge < -0.3 is 10.2 Å². The molecule has 4 aromatic rings. The van der Waals surface area contributed by atoms with Crippen LogP contribution in [-0.2, 0) is 4.79 Å². The van der Waals surface area contributed by atoms with Gasteiger partial charge in [0.2, 0.25) is 11.0 Å². The lowest BCUT2D eigenvalue weighted by Crippen LogP contribution is -2.36. The Morgan fingerprint density at radius 3 is 2.35 bits per heavy atom. The molecule has 5 rings (SSSR count). The Hall–Kier alpha value is -3.36. The molecule has 1 N–H and O–H groups in total. The molecule has 190 valence electrons. The highest BCUT2D eigenvalue weighted by atomic mass is 32.1. The van der Waals surface area contributed by atoms with Crippen LogP contribution in [0.2, 0.25) is 0 Å². The lowest BCUT2D eigenvalue weighted by molar-refractivity contribution is -0.124. The van der Waals surface area contributed by atoms with Crippen molar-refractivity contribution in [1.29, 1.82) is 0 Å². The van der Waals surface area contributed by atoms with Gasteiger partial charge >= 0.3 is 0 Å². The molecule has 1 atom stereocenters. The van der Waals surface area contributed by atoms with E-state index in [-0.39, 0.29) is 17.7 Å². The fourth-order valence-electron chi connectivity index (χ4n) is 4.92. The first-order valence-electron chi connectivity index (χ1n) is 12.6. The van der Waals surface area contributed by atoms with E-state index in [0.717, 1.165) is 52.4 Å². The number of piperidine rings is 1. The number of anilines is 1. The van der Waals surface area contributed by atoms with Crippen LogP contribution in [0.3, 0.4) is 0 Å². The molecule has 2 amide bonds. The molecule has 2 aromatic carbocycles. The summed E-state index contributed by atoms with van der Waals surface area (Å²) in [4.78, 5) is 30.5. The van der Waals surface area contributed by atoms with Crippen molar-refractivity contribution in [3.8, 4) is 10.4 Å². The third-order valence-corrected chi connectivity index (χ3v) is 8.80. The zero-order chi connectivity index (χ0) is 25.8. The molecule has 1 fully saturated rings. The number of thiophene rings is 1. The lowest BCUT2D eigenvalue weighted by Gasteiger charge is -2.32. The van der Waals surface area contributed by atoms with Crippen LogP contribution in [0, 0.1) is 5.41 Å². The van der Waals surface area contributed by atoms with Crippen molar-refractivity contribution in [3.05, 3.63) is 88.2 Å². The van der Waals surface area contributed by atoms with Gasteiger partial charge in [0.25, 0.3) is 5.91 Å². The molecule has 0 aliphatic carbocycles. The van der Waals surface area contributed by atoms with Gasteiger partial charge in [0.05, 0.1) is 5.41 Å². The van der Waals surface area contributed by atoms with Crippen LogP contribution in [0.25, 0.3) is 10.4 Å². The average Bonchev–Trinajstić information content (AvgIpc) is 3.62. The fourth-order valence-corrected chi connectivity index (χ4v) is 6.69. The summed E-state index contributed by atoms with van der Waals surface area (Å²) in [5.41, 5.74) is 3.73. The Kier molecular flexibility index (Phi) is 7.48. The van der Waals surface area contributed by atoms with Crippen LogP contribution < -0.4 is 5.32 Å². The summed E-state index contributed by atoms with van der Waals surface area (Å²) in [6, 6.07) is 22.3. The van der Waals surface area contributed by atoms with Crippen LogP contribution in [0.4, 0.5) is 5.13 Å². The Balaban J connectivity index is 1.41. The van der Waals surface area contributed by atoms with E-state index >= 15 is 0 Å². The molecule has 3 heterocycles. The molecule has 6 nitrogen and oxygen atoms in total. The Morgan fingerprint density at radius 1 is 0.946 bits per heavy atom. The fraction of sp³-hybridized carbons (Fsp3) is 0.310. The Bertz CT molecular complexity index is 1340. The number of hydrogen-bond acceptors (Lipinski definition) is 6. The zero-order valence-electron chi connectivity index (χ0n) is 21.0. The van der Waals surface area contributed by atoms with E-state index in [4.69, 9.17) is 0 Å². The minimum absolute atomic E-state index is 0.103. The van der Waals surface area contributed by atoms with Gasteiger partial charge in [-0.2, -0.15) is 0 Å². The highest BCUT2D eigenvalue weighted by Gasteiger charge is 2.40. The molecule has 1 aliphatic rings. The van der Waals surface area contributed by atoms with Crippen molar-refractivity contribution in [3.63, 3.8) is 0 Å². The summed E-state index contributed by atoms with van der Waals surface area (Å²) >= 11 is 2.99. The van der Waals surface area contributed by atoms with Crippen LogP contribution in [-0.4, -0.2) is 40.0 Å². The zero-order valence-corrected chi connectivity index (χ0v) is 22.6. The second kappa shape index (κ2) is 10.9. The first kappa shape index (κ1) is 25.3. The maximum atomic E-state index is 13.4. The maximum Gasteiger partial charge on any atom is 0.253 e. The van der Waals surface area contributed by atoms with Gasteiger partial charge in [-0.15, -0.1) is 21.5 Å². The van der Waals surface area contributed by atoms with Crippen molar-refractivity contribution in [1.82, 2.24) is 15.1 Å². The van der Waals surface area contributed by atoms with Gasteiger partial charge in [-0.3, -0.25) is 9.59 Å². The number of nitrogens with zero attached hydrogens (tertiary/aromatic N) is 3. The number of carbonyl (C=O) groups excluding carboxylic acids is 2. The Labute approximate surface area is 225 Å². The molecule has 37 heavy (non-hydrogen) atoms. The third-order valence-electron chi connectivity index (χ3n) is 6.99. The van der Waals surface area contributed by atoms with Crippen LogP contribution in [0.5, 0.6) is 0 Å². The predicted octanol–water partition coefficient (Wildman–Crippen LogP) is 6.69. The third kappa shape index (κ3) is 5.50. The van der Waals surface area contributed by atoms with E-state index in [0.29, 0.717) is 5.13 Å². The summed E-state index contributed by atoms with van der Waals surface area (Å²) in [5, 5.41) is 11.2. The van der Waals surface area contributed by atoms with E-state index < -0.39 is 5.41 Å². The number of hydrogen-bond donors (Lipinski definition) is 1. The molecule has 8 heteroatoms. The summed E-state index contributed by atoms with van der Waals surface area (Å²) < 4.78 is 0. The van der Waals surface area contributed by atoms with Gasteiger partial charge in [-0.25, -0.2) is 0 Å². The molecule has 1 aliphatic heterocycles. The number of carbonyl (C=O) groups is 2. The summed E-state index contributed by atoms with van der Waals surface area (Å²) in [6.07, 6.45) is 3.37. The van der Waals surface area contributed by atoms with Crippen LogP contribution >= 0.6 is 22.7 Å². The quantitative estimate of drug-likeness (QED) is 0.289. The van der Waals surface area contributed by atoms with E-state index in [1.54, 1.807) is 16.8 Å².